The van der Waals surface area contributed by atoms with Crippen molar-refractivity contribution >= 4 is 53.5 Å². The second-order valence-corrected chi connectivity index (χ2v) is 22.1. The summed E-state index contributed by atoms with van der Waals surface area (Å²) in [6.07, 6.45) is 6.12. The van der Waals surface area contributed by atoms with Gasteiger partial charge in [0.15, 0.2) is 0 Å². The van der Waals surface area contributed by atoms with E-state index in [0.717, 1.165) is 22.3 Å². The van der Waals surface area contributed by atoms with Crippen LogP contribution in [0.5, 0.6) is 0 Å². The highest BCUT2D eigenvalue weighted by atomic mass is 16.5. The molecule has 442 valence electrons. The molecule has 5 N–H and O–H groups in total. The number of unbranched alkanes of at least 4 members (excludes halogenated alkanes) is 2. The second-order valence-electron chi connectivity index (χ2n) is 22.1. The fraction of sp³-hybridized carbons (Fsp3) is 0.617. The standard InChI is InChI=1S/C60H91N9O11/c1-12-42(6)60(48(79-10)33-37-70,69-36-22-28-47(69)55(80-11)43(7)56(75)62-46(38-44-24-16-13-17-25-44)57(76)61-39-45-26-18-14-19-27-45)67(9)54(41(4)5)59(78)63-58(77)53(40(2)3)66(8)34-23-30-50(72)65-64-49(71)29-20-15-21-35-68-51(73)31-32-52(68)74/h13-14,16-19,24-27,31-32,37,40-43,46-48,53-55H,12,15,20-23,28-30,33-36,38-39H2,1-11H3,(H,61,76)(H,62,75)(H,64,71)(H,65,72)(H,63,77,78)/t42-,43+,46-,47-,48+,53-,54-,55+,60-/m0/s1. The van der Waals surface area contributed by atoms with E-state index in [1.807, 2.05) is 107 Å². The van der Waals surface area contributed by atoms with Gasteiger partial charge in [0.2, 0.25) is 35.4 Å². The molecule has 9 atom stereocenters. The molecular weight excluding hydrogens is 1020 g/mol. The van der Waals surface area contributed by atoms with E-state index in [1.54, 1.807) is 33.1 Å². The maximum absolute atomic E-state index is 15.0. The van der Waals surface area contributed by atoms with E-state index in [1.165, 1.54) is 12.2 Å². The number of methoxy groups -OCH3 is 2. The van der Waals surface area contributed by atoms with Gasteiger partial charge in [-0.15, -0.1) is 0 Å². The zero-order valence-electron chi connectivity index (χ0n) is 49.2. The van der Waals surface area contributed by atoms with Crippen LogP contribution in [0.25, 0.3) is 0 Å². The van der Waals surface area contributed by atoms with Gasteiger partial charge in [0.05, 0.1) is 30.2 Å². The van der Waals surface area contributed by atoms with Crippen LogP contribution in [-0.2, 0) is 65.6 Å². The summed E-state index contributed by atoms with van der Waals surface area (Å²) in [5.41, 5.74) is 5.49. The van der Waals surface area contributed by atoms with Gasteiger partial charge in [-0.2, -0.15) is 0 Å². The Labute approximate surface area is 474 Å². The highest BCUT2D eigenvalue weighted by Gasteiger charge is 2.58. The number of aldehydes is 1. The quantitative estimate of drug-likeness (QED) is 0.0281. The summed E-state index contributed by atoms with van der Waals surface area (Å²) in [6.45, 7) is 14.9. The average molecular weight is 1110 g/mol. The van der Waals surface area contributed by atoms with Crippen LogP contribution in [0.3, 0.4) is 0 Å². The van der Waals surface area contributed by atoms with Crippen molar-refractivity contribution in [1.82, 2.24) is 46.4 Å². The van der Waals surface area contributed by atoms with Crippen LogP contribution in [0.4, 0.5) is 0 Å². The molecule has 0 unspecified atom stereocenters. The van der Waals surface area contributed by atoms with Gasteiger partial charge in [-0.1, -0.05) is 122 Å². The van der Waals surface area contributed by atoms with E-state index >= 15 is 0 Å². The maximum Gasteiger partial charge on any atom is 0.253 e. The highest BCUT2D eigenvalue weighted by Crippen LogP contribution is 2.44. The zero-order valence-corrected chi connectivity index (χ0v) is 49.2. The van der Waals surface area contributed by atoms with Gasteiger partial charge in [0.1, 0.15) is 18.0 Å². The molecule has 0 radical (unpaired) electrons. The van der Waals surface area contributed by atoms with Crippen molar-refractivity contribution in [3.8, 4) is 0 Å². The number of hydrogen-bond donors (Lipinski definition) is 5. The molecule has 0 bridgehead atoms. The normalized spacial score (nSPS) is 18.1. The Bertz CT molecular complexity index is 2370. The van der Waals surface area contributed by atoms with Gasteiger partial charge >= 0.3 is 0 Å². The molecule has 4 rings (SSSR count). The second kappa shape index (κ2) is 32.9. The van der Waals surface area contributed by atoms with Gasteiger partial charge in [0.25, 0.3) is 11.8 Å². The first-order chi connectivity index (χ1) is 38.2. The van der Waals surface area contributed by atoms with Crippen molar-refractivity contribution in [2.24, 2.45) is 23.7 Å². The van der Waals surface area contributed by atoms with Crippen LogP contribution in [0.2, 0.25) is 0 Å². The predicted octanol–water partition coefficient (Wildman–Crippen LogP) is 4.46. The number of nitrogens with zero attached hydrogens (tertiary/aromatic N) is 4. The molecule has 1 fully saturated rings. The van der Waals surface area contributed by atoms with Crippen molar-refractivity contribution in [1.29, 1.82) is 0 Å². The number of hydrogen-bond acceptors (Lipinski definition) is 14. The molecule has 2 aromatic carbocycles. The summed E-state index contributed by atoms with van der Waals surface area (Å²) in [6, 6.07) is 16.0. The fourth-order valence-electron chi connectivity index (χ4n) is 11.8. The first-order valence-electron chi connectivity index (χ1n) is 28.5. The van der Waals surface area contributed by atoms with Crippen molar-refractivity contribution in [3.63, 3.8) is 0 Å². The Hall–Kier alpha value is -6.19. The van der Waals surface area contributed by atoms with Gasteiger partial charge in [-0.05, 0) is 81.6 Å². The third kappa shape index (κ3) is 17.9. The summed E-state index contributed by atoms with van der Waals surface area (Å²) in [4.78, 5) is 126. The number of ether oxygens (including phenoxy) is 2. The lowest BCUT2D eigenvalue weighted by atomic mass is 9.78. The number of nitrogens with one attached hydrogen (secondary N) is 5. The number of rotatable bonds is 34. The summed E-state index contributed by atoms with van der Waals surface area (Å²) < 4.78 is 12.7. The number of amides is 8. The number of imide groups is 2. The molecule has 8 amide bonds. The topological polar surface area (TPSA) is 245 Å². The molecule has 20 heteroatoms. The van der Waals surface area contributed by atoms with Crippen LogP contribution in [0, 0.1) is 23.7 Å². The van der Waals surface area contributed by atoms with E-state index in [9.17, 15) is 43.2 Å². The van der Waals surface area contributed by atoms with Crippen molar-refractivity contribution < 1.29 is 52.6 Å². The SMILES string of the molecule is CC[C@H](C)[C@]([C@@H](CC=O)OC)(N(C)[C@H](C(=O)NC(=O)[C@H](C(C)C)N(C)CCCC(=O)NNC(=O)CCCCCN1C(=O)C=CC1=O)C(C)C)N1CCC[C@H]1[C@H](OC)[C@@H](C)C(=O)N[C@@H](Cc1ccccc1)C(=O)NCc1ccccc1. The average Bonchev–Trinajstić information content (AvgIpc) is 4.10. The molecule has 1 saturated heterocycles. The van der Waals surface area contributed by atoms with Crippen molar-refractivity contribution in [2.75, 3.05) is 47.9 Å². The van der Waals surface area contributed by atoms with Crippen molar-refractivity contribution in [3.05, 3.63) is 83.9 Å². The number of benzene rings is 2. The molecule has 0 spiro atoms. The third-order valence-electron chi connectivity index (χ3n) is 15.9. The zero-order chi connectivity index (χ0) is 59.1. The van der Waals surface area contributed by atoms with Crippen molar-refractivity contribution in [2.45, 2.75) is 168 Å². The van der Waals surface area contributed by atoms with E-state index in [2.05, 4.69) is 38.6 Å². The van der Waals surface area contributed by atoms with Gasteiger partial charge in [-0.3, -0.25) is 74.1 Å². The molecule has 2 heterocycles. The first-order valence-corrected chi connectivity index (χ1v) is 28.5. The molecule has 0 saturated carbocycles. The van der Waals surface area contributed by atoms with E-state index in [0.29, 0.717) is 58.0 Å². The largest absolute Gasteiger partial charge is 0.379 e. The Kier molecular flexibility index (Phi) is 27.3. The summed E-state index contributed by atoms with van der Waals surface area (Å²) in [5.74, 6) is -4.88. The fourth-order valence-corrected chi connectivity index (χ4v) is 11.8. The first kappa shape index (κ1) is 66.3. The molecule has 0 aromatic heterocycles. The minimum absolute atomic E-state index is 0.0234. The predicted molar refractivity (Wildman–Crippen MR) is 304 cm³/mol. The van der Waals surface area contributed by atoms with E-state index in [4.69, 9.17) is 9.47 Å². The number of likely N-dealkylation sites (tertiary alicyclic amines) is 1. The Morgan fingerprint density at radius 2 is 1.31 bits per heavy atom. The minimum Gasteiger partial charge on any atom is -0.379 e. The third-order valence-corrected chi connectivity index (χ3v) is 15.9. The molecule has 2 aliphatic rings. The summed E-state index contributed by atoms with van der Waals surface area (Å²) >= 11 is 0. The van der Waals surface area contributed by atoms with Gasteiger partial charge in [-0.25, -0.2) is 0 Å². The lowest BCUT2D eigenvalue weighted by Gasteiger charge is -2.59. The number of carbonyl (C=O) groups excluding carboxylic acids is 9. The Balaban J connectivity index is 1.50. The molecule has 2 aliphatic heterocycles. The Morgan fingerprint density at radius 1 is 0.738 bits per heavy atom. The molecule has 20 nitrogen and oxygen atoms in total. The lowest BCUT2D eigenvalue weighted by molar-refractivity contribution is -0.203. The summed E-state index contributed by atoms with van der Waals surface area (Å²) in [5, 5.41) is 8.84. The van der Waals surface area contributed by atoms with Crippen LogP contribution >= 0.6 is 0 Å². The van der Waals surface area contributed by atoms with Crippen LogP contribution in [-0.4, -0.2) is 163 Å². The number of carbonyl (C=O) groups is 9. The highest BCUT2D eigenvalue weighted by molar-refractivity contribution is 6.12. The van der Waals surface area contributed by atoms with Crippen LogP contribution in [0.15, 0.2) is 72.8 Å². The van der Waals surface area contributed by atoms with Gasteiger partial charge < -0.3 is 24.9 Å². The maximum atomic E-state index is 15.0. The minimum atomic E-state index is -1.17. The molecular formula is C60H91N9O11. The molecule has 0 aliphatic carbocycles. The number of likely N-dealkylation sites (N-methyl/N-ethyl adjacent to an activating group) is 2. The Morgan fingerprint density at radius 3 is 1.86 bits per heavy atom. The smallest absolute Gasteiger partial charge is 0.253 e. The lowest BCUT2D eigenvalue weighted by Crippen LogP contribution is -2.75. The van der Waals surface area contributed by atoms with E-state index in [-0.39, 0.29) is 86.1 Å². The van der Waals surface area contributed by atoms with Crippen LogP contribution < -0.4 is 26.8 Å². The molecule has 80 heavy (non-hydrogen) atoms. The van der Waals surface area contributed by atoms with E-state index < -0.39 is 65.7 Å². The monoisotopic (exact) mass is 1110 g/mol. The molecule has 2 aromatic rings. The van der Waals surface area contributed by atoms with Crippen LogP contribution in [0.1, 0.15) is 124 Å². The summed E-state index contributed by atoms with van der Waals surface area (Å²) in [7, 11) is 6.72. The number of hydrazine groups is 1. The van der Waals surface area contributed by atoms with Gasteiger partial charge in [0, 0.05) is 77.7 Å².